The molecule has 1 aliphatic heterocycles. The molecule has 0 aromatic carbocycles. The molecular weight excluding hydrogens is 271 g/mol. The summed E-state index contributed by atoms with van der Waals surface area (Å²) in [5.74, 6) is -0.0165. The van der Waals surface area contributed by atoms with Crippen LogP contribution in [0.2, 0.25) is 0 Å². The Bertz CT molecular complexity index is 335. The third-order valence-corrected chi connectivity index (χ3v) is 5.49. The van der Waals surface area contributed by atoms with Gasteiger partial charge in [-0.05, 0) is 39.7 Å². The second kappa shape index (κ2) is 5.18. The van der Waals surface area contributed by atoms with Gasteiger partial charge in [0, 0.05) is 19.1 Å². The lowest BCUT2D eigenvalue weighted by atomic mass is 10.0. The Kier molecular flexibility index (Phi) is 4.15. The van der Waals surface area contributed by atoms with Gasteiger partial charge >= 0.3 is 0 Å². The smallest absolute Gasteiger partial charge is 0.229 e. The van der Waals surface area contributed by atoms with E-state index in [9.17, 15) is 4.79 Å². The van der Waals surface area contributed by atoms with Crippen LogP contribution in [0.15, 0.2) is 0 Å². The average molecular weight is 293 g/mol. The predicted octanol–water partition coefficient (Wildman–Crippen LogP) is 2.56. The van der Waals surface area contributed by atoms with Crippen LogP contribution in [0.5, 0.6) is 0 Å². The lowest BCUT2D eigenvalue weighted by Gasteiger charge is -2.33. The molecule has 2 aliphatic rings. The fourth-order valence-corrected chi connectivity index (χ4v) is 3.35. The summed E-state index contributed by atoms with van der Waals surface area (Å²) in [5.41, 5.74) is -0.594. The van der Waals surface area contributed by atoms with Crippen molar-refractivity contribution < 1.29 is 4.79 Å². The standard InChI is InChI=1S/C13H22Cl2N2O/c1-10-5-3-4-7-17(10)8-6-16-11(18)12(2)9-13(12,14)15/h10H,3-9H2,1-2H3,(H,16,18)/t10-,12-/m0/s1. The highest BCUT2D eigenvalue weighted by molar-refractivity contribution is 6.53. The van der Waals surface area contributed by atoms with Crippen LogP contribution in [0.25, 0.3) is 0 Å². The first-order valence-electron chi connectivity index (χ1n) is 6.77. The molecule has 1 saturated heterocycles. The number of alkyl halides is 2. The van der Waals surface area contributed by atoms with Gasteiger partial charge in [-0.3, -0.25) is 9.69 Å². The van der Waals surface area contributed by atoms with E-state index in [-0.39, 0.29) is 5.91 Å². The van der Waals surface area contributed by atoms with E-state index in [2.05, 4.69) is 17.1 Å². The van der Waals surface area contributed by atoms with Gasteiger partial charge in [-0.15, -0.1) is 23.2 Å². The van der Waals surface area contributed by atoms with E-state index in [4.69, 9.17) is 23.2 Å². The van der Waals surface area contributed by atoms with Crippen molar-refractivity contribution in [2.24, 2.45) is 5.41 Å². The Morgan fingerprint density at radius 3 is 2.67 bits per heavy atom. The molecule has 0 unspecified atom stereocenters. The maximum Gasteiger partial charge on any atom is 0.229 e. The first-order chi connectivity index (χ1) is 8.37. The van der Waals surface area contributed by atoms with E-state index < -0.39 is 9.75 Å². The zero-order valence-electron chi connectivity index (χ0n) is 11.1. The molecule has 0 aromatic heterocycles. The normalized spacial score (nSPS) is 35.2. The van der Waals surface area contributed by atoms with Crippen molar-refractivity contribution in [1.29, 1.82) is 0 Å². The van der Waals surface area contributed by atoms with E-state index in [1.165, 1.54) is 19.3 Å². The molecule has 1 N–H and O–H groups in total. The average Bonchev–Trinajstić information content (AvgIpc) is 2.82. The lowest BCUT2D eigenvalue weighted by Crippen LogP contribution is -2.44. The molecule has 0 spiro atoms. The van der Waals surface area contributed by atoms with Crippen LogP contribution in [0.4, 0.5) is 0 Å². The number of carbonyl (C=O) groups is 1. The van der Waals surface area contributed by atoms with Crippen molar-refractivity contribution in [1.82, 2.24) is 10.2 Å². The van der Waals surface area contributed by atoms with Gasteiger partial charge < -0.3 is 5.32 Å². The maximum atomic E-state index is 12.0. The number of halogens is 2. The third-order valence-electron chi connectivity index (χ3n) is 4.38. The molecule has 1 heterocycles. The Morgan fingerprint density at radius 2 is 2.11 bits per heavy atom. The monoisotopic (exact) mass is 292 g/mol. The van der Waals surface area contributed by atoms with Crippen molar-refractivity contribution in [3.63, 3.8) is 0 Å². The topological polar surface area (TPSA) is 32.3 Å². The largest absolute Gasteiger partial charge is 0.354 e. The molecule has 2 atom stereocenters. The van der Waals surface area contributed by atoms with E-state index in [1.54, 1.807) is 0 Å². The summed E-state index contributed by atoms with van der Waals surface area (Å²) in [5, 5.41) is 2.96. The zero-order chi connectivity index (χ0) is 13.4. The number of carbonyl (C=O) groups excluding carboxylic acids is 1. The van der Waals surface area contributed by atoms with Gasteiger partial charge in [0.15, 0.2) is 0 Å². The SMILES string of the molecule is C[C@H]1CCCCN1CCNC(=O)[C@]1(C)CC1(Cl)Cl. The van der Waals surface area contributed by atoms with E-state index >= 15 is 0 Å². The van der Waals surface area contributed by atoms with Crippen LogP contribution >= 0.6 is 23.2 Å². The minimum absolute atomic E-state index is 0.0165. The van der Waals surface area contributed by atoms with Crippen molar-refractivity contribution >= 4 is 29.1 Å². The number of rotatable bonds is 4. The Morgan fingerprint density at radius 1 is 1.44 bits per heavy atom. The second-order valence-corrected chi connectivity index (χ2v) is 7.33. The van der Waals surface area contributed by atoms with Gasteiger partial charge in [0.2, 0.25) is 5.91 Å². The quantitative estimate of drug-likeness (QED) is 0.808. The van der Waals surface area contributed by atoms with E-state index in [0.29, 0.717) is 19.0 Å². The number of likely N-dealkylation sites (tertiary alicyclic amines) is 1. The minimum Gasteiger partial charge on any atom is -0.354 e. The molecular formula is C13H22Cl2N2O. The predicted molar refractivity (Wildman–Crippen MR) is 75.1 cm³/mol. The number of nitrogens with zero attached hydrogens (tertiary/aromatic N) is 1. The molecule has 0 bridgehead atoms. The molecule has 1 amide bonds. The van der Waals surface area contributed by atoms with Gasteiger partial charge in [0.25, 0.3) is 0 Å². The van der Waals surface area contributed by atoms with Crippen LogP contribution in [0.1, 0.15) is 39.5 Å². The van der Waals surface area contributed by atoms with Crippen molar-refractivity contribution in [2.75, 3.05) is 19.6 Å². The fourth-order valence-electron chi connectivity index (χ4n) is 2.64. The molecule has 2 rings (SSSR count). The summed E-state index contributed by atoms with van der Waals surface area (Å²) in [6.07, 6.45) is 4.40. The summed E-state index contributed by atoms with van der Waals surface area (Å²) < 4.78 is -0.866. The number of nitrogens with one attached hydrogen (secondary N) is 1. The van der Waals surface area contributed by atoms with Crippen LogP contribution < -0.4 is 5.32 Å². The van der Waals surface area contributed by atoms with Crippen LogP contribution in [-0.4, -0.2) is 40.8 Å². The second-order valence-electron chi connectivity index (χ2n) is 5.85. The maximum absolute atomic E-state index is 12.0. The van der Waals surface area contributed by atoms with Crippen molar-refractivity contribution in [3.05, 3.63) is 0 Å². The molecule has 1 saturated carbocycles. The molecule has 104 valence electrons. The molecule has 0 radical (unpaired) electrons. The van der Waals surface area contributed by atoms with Gasteiger partial charge in [-0.25, -0.2) is 0 Å². The summed E-state index contributed by atoms with van der Waals surface area (Å²) >= 11 is 12.0. The molecule has 1 aliphatic carbocycles. The lowest BCUT2D eigenvalue weighted by molar-refractivity contribution is -0.125. The van der Waals surface area contributed by atoms with E-state index in [1.807, 2.05) is 6.92 Å². The summed E-state index contributed by atoms with van der Waals surface area (Å²) in [7, 11) is 0. The highest BCUT2D eigenvalue weighted by Gasteiger charge is 2.67. The van der Waals surface area contributed by atoms with Crippen molar-refractivity contribution in [2.45, 2.75) is 49.9 Å². The van der Waals surface area contributed by atoms with Gasteiger partial charge in [-0.1, -0.05) is 6.42 Å². The summed E-state index contributed by atoms with van der Waals surface area (Å²) in [6.45, 7) is 6.82. The minimum atomic E-state index is -0.866. The summed E-state index contributed by atoms with van der Waals surface area (Å²) in [6, 6.07) is 0.632. The number of piperidine rings is 1. The van der Waals surface area contributed by atoms with E-state index in [0.717, 1.165) is 13.1 Å². The molecule has 2 fully saturated rings. The van der Waals surface area contributed by atoms with Gasteiger partial charge in [0.1, 0.15) is 4.33 Å². The van der Waals surface area contributed by atoms with Gasteiger partial charge in [-0.2, -0.15) is 0 Å². The number of hydrogen-bond acceptors (Lipinski definition) is 2. The first kappa shape index (κ1) is 14.4. The Labute approximate surface area is 119 Å². The first-order valence-corrected chi connectivity index (χ1v) is 7.52. The molecule has 5 heteroatoms. The van der Waals surface area contributed by atoms with Crippen LogP contribution in [0.3, 0.4) is 0 Å². The Balaban J connectivity index is 1.71. The highest BCUT2D eigenvalue weighted by Crippen LogP contribution is 2.63. The zero-order valence-corrected chi connectivity index (χ0v) is 12.7. The van der Waals surface area contributed by atoms with Crippen LogP contribution in [0, 0.1) is 5.41 Å². The Hall–Kier alpha value is 0.01000. The third kappa shape index (κ3) is 2.78. The van der Waals surface area contributed by atoms with Gasteiger partial charge in [0.05, 0.1) is 5.41 Å². The summed E-state index contributed by atoms with van der Waals surface area (Å²) in [4.78, 5) is 14.4. The highest BCUT2D eigenvalue weighted by atomic mass is 35.5. The van der Waals surface area contributed by atoms with Crippen LogP contribution in [-0.2, 0) is 4.79 Å². The number of amides is 1. The number of hydrogen-bond donors (Lipinski definition) is 1. The van der Waals surface area contributed by atoms with Crippen molar-refractivity contribution in [3.8, 4) is 0 Å². The molecule has 3 nitrogen and oxygen atoms in total. The molecule has 0 aromatic rings. The fraction of sp³-hybridized carbons (Fsp3) is 0.923. The molecule has 18 heavy (non-hydrogen) atoms.